The Balaban J connectivity index is 2.27. The van der Waals surface area contributed by atoms with E-state index in [4.69, 9.17) is 4.74 Å². The smallest absolute Gasteiger partial charge is 0.308 e. The Kier molecular flexibility index (Phi) is 4.27. The lowest BCUT2D eigenvalue weighted by Gasteiger charge is -2.29. The van der Waals surface area contributed by atoms with Crippen molar-refractivity contribution in [3.8, 4) is 0 Å². The van der Waals surface area contributed by atoms with Crippen molar-refractivity contribution in [1.82, 2.24) is 9.55 Å². The molecule has 1 atom stereocenters. The molecule has 0 aliphatic rings. The predicted octanol–water partition coefficient (Wildman–Crippen LogP) is 2.91. The molecule has 1 aromatic heterocycles. The number of nitrogens with zero attached hydrogens (tertiary/aromatic N) is 2. The van der Waals surface area contributed by atoms with Crippen LogP contribution in [0.5, 0.6) is 0 Å². The van der Waals surface area contributed by atoms with Crippen LogP contribution in [-0.4, -0.2) is 22.6 Å². The standard InChI is InChI=1S/C14H16N2O2S/c1-14(10-13(17)18-2,16-9-8-15-11-16)19-12-6-4-3-5-7-12/h3-9,11H,10H2,1-2H3. The SMILES string of the molecule is COC(=O)CC(C)(Sc1ccccc1)n1ccnc1. The van der Waals surface area contributed by atoms with E-state index in [1.807, 2.05) is 48.0 Å². The lowest BCUT2D eigenvalue weighted by atomic mass is 10.2. The van der Waals surface area contributed by atoms with Crippen molar-refractivity contribution < 1.29 is 9.53 Å². The molecule has 0 radical (unpaired) electrons. The zero-order chi connectivity index (χ0) is 13.7. The van der Waals surface area contributed by atoms with Gasteiger partial charge in [0.15, 0.2) is 0 Å². The van der Waals surface area contributed by atoms with Gasteiger partial charge in [-0.3, -0.25) is 4.79 Å². The number of ether oxygens (including phenoxy) is 1. The summed E-state index contributed by atoms with van der Waals surface area (Å²) in [6, 6.07) is 9.98. The second-order valence-electron chi connectivity index (χ2n) is 4.31. The van der Waals surface area contributed by atoms with Crippen LogP contribution < -0.4 is 0 Å². The monoisotopic (exact) mass is 276 g/mol. The number of aromatic nitrogens is 2. The molecule has 100 valence electrons. The third-order valence-electron chi connectivity index (χ3n) is 2.83. The van der Waals surface area contributed by atoms with E-state index in [1.54, 1.807) is 24.3 Å². The molecule has 4 nitrogen and oxygen atoms in total. The number of imidazole rings is 1. The largest absolute Gasteiger partial charge is 0.469 e. The van der Waals surface area contributed by atoms with Crippen LogP contribution in [0.25, 0.3) is 0 Å². The first-order valence-corrected chi connectivity index (χ1v) is 6.75. The molecule has 1 heterocycles. The van der Waals surface area contributed by atoms with E-state index in [0.717, 1.165) is 4.90 Å². The molecule has 0 spiro atoms. The molecule has 0 N–H and O–H groups in total. The molecule has 1 aromatic carbocycles. The topological polar surface area (TPSA) is 44.1 Å². The number of thioether (sulfide) groups is 1. The summed E-state index contributed by atoms with van der Waals surface area (Å²) in [5.74, 6) is -0.236. The summed E-state index contributed by atoms with van der Waals surface area (Å²) >= 11 is 1.61. The quantitative estimate of drug-likeness (QED) is 0.622. The Morgan fingerprint density at radius 1 is 1.42 bits per heavy atom. The summed E-state index contributed by atoms with van der Waals surface area (Å²) in [6.45, 7) is 2.00. The number of hydrogen-bond acceptors (Lipinski definition) is 4. The fraction of sp³-hybridized carbons (Fsp3) is 0.286. The van der Waals surface area contributed by atoms with E-state index >= 15 is 0 Å². The van der Waals surface area contributed by atoms with Gasteiger partial charge in [-0.05, 0) is 19.1 Å². The highest BCUT2D eigenvalue weighted by Gasteiger charge is 2.31. The van der Waals surface area contributed by atoms with Crippen molar-refractivity contribution in [2.75, 3.05) is 7.11 Å². The zero-order valence-corrected chi connectivity index (χ0v) is 11.8. The van der Waals surface area contributed by atoms with Gasteiger partial charge in [-0.15, -0.1) is 0 Å². The van der Waals surface area contributed by atoms with E-state index in [-0.39, 0.29) is 12.4 Å². The summed E-state index contributed by atoms with van der Waals surface area (Å²) in [5, 5.41) is 0. The summed E-state index contributed by atoms with van der Waals surface area (Å²) in [6.07, 6.45) is 5.57. The number of benzene rings is 1. The molecule has 5 heteroatoms. The number of hydrogen-bond donors (Lipinski definition) is 0. The van der Waals surface area contributed by atoms with Gasteiger partial charge in [0.25, 0.3) is 0 Å². The van der Waals surface area contributed by atoms with Crippen LogP contribution >= 0.6 is 11.8 Å². The summed E-state index contributed by atoms with van der Waals surface area (Å²) in [7, 11) is 1.41. The third-order valence-corrected chi connectivity index (χ3v) is 4.13. The fourth-order valence-electron chi connectivity index (χ4n) is 1.80. The van der Waals surface area contributed by atoms with E-state index in [1.165, 1.54) is 7.11 Å². The van der Waals surface area contributed by atoms with Crippen molar-refractivity contribution in [3.05, 3.63) is 49.1 Å². The second-order valence-corrected chi connectivity index (χ2v) is 5.87. The molecular weight excluding hydrogens is 260 g/mol. The number of methoxy groups -OCH3 is 1. The first-order valence-electron chi connectivity index (χ1n) is 5.93. The minimum Gasteiger partial charge on any atom is -0.469 e. The zero-order valence-electron chi connectivity index (χ0n) is 10.9. The average Bonchev–Trinajstić information content (AvgIpc) is 2.94. The van der Waals surface area contributed by atoms with Crippen LogP contribution in [-0.2, 0) is 14.4 Å². The average molecular weight is 276 g/mol. The highest BCUT2D eigenvalue weighted by atomic mass is 32.2. The number of carbonyl (C=O) groups is 1. The maximum atomic E-state index is 11.6. The van der Waals surface area contributed by atoms with Gasteiger partial charge in [0.2, 0.25) is 0 Å². The van der Waals surface area contributed by atoms with Crippen molar-refractivity contribution in [2.45, 2.75) is 23.1 Å². The molecule has 0 aliphatic carbocycles. The fourth-order valence-corrected chi connectivity index (χ4v) is 3.01. The van der Waals surface area contributed by atoms with Gasteiger partial charge >= 0.3 is 5.97 Å². The van der Waals surface area contributed by atoms with Crippen LogP contribution in [0.2, 0.25) is 0 Å². The van der Waals surface area contributed by atoms with E-state index in [2.05, 4.69) is 4.98 Å². The Labute approximate surface area is 116 Å². The van der Waals surface area contributed by atoms with E-state index in [9.17, 15) is 4.79 Å². The molecule has 19 heavy (non-hydrogen) atoms. The molecule has 2 rings (SSSR count). The highest BCUT2D eigenvalue weighted by Crippen LogP contribution is 2.39. The minimum atomic E-state index is -0.453. The Morgan fingerprint density at radius 2 is 2.16 bits per heavy atom. The van der Waals surface area contributed by atoms with Gasteiger partial charge in [-0.25, -0.2) is 4.98 Å². The van der Waals surface area contributed by atoms with Crippen LogP contribution in [0.15, 0.2) is 53.9 Å². The first kappa shape index (κ1) is 13.7. The van der Waals surface area contributed by atoms with Gasteiger partial charge in [-0.2, -0.15) is 0 Å². The van der Waals surface area contributed by atoms with Crippen molar-refractivity contribution >= 4 is 17.7 Å². The summed E-state index contributed by atoms with van der Waals surface area (Å²) < 4.78 is 6.73. The van der Waals surface area contributed by atoms with Crippen molar-refractivity contribution in [1.29, 1.82) is 0 Å². The summed E-state index contributed by atoms with van der Waals surface area (Å²) in [4.78, 5) is 16.4. The molecule has 0 fully saturated rings. The van der Waals surface area contributed by atoms with Gasteiger partial charge < -0.3 is 9.30 Å². The Hall–Kier alpha value is -1.75. The lowest BCUT2D eigenvalue weighted by Crippen LogP contribution is -2.29. The molecule has 2 aromatic rings. The Morgan fingerprint density at radius 3 is 2.74 bits per heavy atom. The molecule has 0 bridgehead atoms. The van der Waals surface area contributed by atoms with Gasteiger partial charge in [0, 0.05) is 17.3 Å². The first-order chi connectivity index (χ1) is 9.14. The maximum absolute atomic E-state index is 11.6. The second kappa shape index (κ2) is 5.93. The van der Waals surface area contributed by atoms with Gasteiger partial charge in [0.05, 0.1) is 19.9 Å². The molecular formula is C14H16N2O2S. The number of rotatable bonds is 5. The van der Waals surface area contributed by atoms with Crippen molar-refractivity contribution in [2.24, 2.45) is 0 Å². The van der Waals surface area contributed by atoms with Crippen LogP contribution in [0.4, 0.5) is 0 Å². The normalized spacial score (nSPS) is 13.8. The molecule has 1 unspecified atom stereocenters. The molecule has 0 saturated carbocycles. The van der Waals surface area contributed by atoms with E-state index < -0.39 is 4.87 Å². The van der Waals surface area contributed by atoms with Gasteiger partial charge in [-0.1, -0.05) is 30.0 Å². The number of esters is 1. The van der Waals surface area contributed by atoms with Crippen LogP contribution in [0, 0.1) is 0 Å². The predicted molar refractivity (Wildman–Crippen MR) is 74.8 cm³/mol. The molecule has 0 amide bonds. The lowest BCUT2D eigenvalue weighted by molar-refractivity contribution is -0.141. The molecule has 0 aliphatic heterocycles. The van der Waals surface area contributed by atoms with E-state index in [0.29, 0.717) is 0 Å². The van der Waals surface area contributed by atoms with Crippen molar-refractivity contribution in [3.63, 3.8) is 0 Å². The Bertz CT molecular complexity index is 528. The van der Waals surface area contributed by atoms with Crippen LogP contribution in [0.1, 0.15) is 13.3 Å². The maximum Gasteiger partial charge on any atom is 0.308 e. The number of carbonyl (C=O) groups excluding carboxylic acids is 1. The van der Waals surface area contributed by atoms with Gasteiger partial charge in [0.1, 0.15) is 4.87 Å². The van der Waals surface area contributed by atoms with Crippen LogP contribution in [0.3, 0.4) is 0 Å². The third kappa shape index (κ3) is 3.38. The minimum absolute atomic E-state index is 0.236. The summed E-state index contributed by atoms with van der Waals surface area (Å²) in [5.41, 5.74) is 0. The highest BCUT2D eigenvalue weighted by molar-refractivity contribution is 8.00. The molecule has 0 saturated heterocycles.